The monoisotopic (exact) mass is 333 g/mol. The second kappa shape index (κ2) is 6.52. The minimum atomic E-state index is -0.0933. The summed E-state index contributed by atoms with van der Waals surface area (Å²) in [7, 11) is 0. The molecule has 0 radical (unpaired) electrons. The number of nitriles is 1. The Morgan fingerprint density at radius 1 is 1.24 bits per heavy atom. The van der Waals surface area contributed by atoms with Gasteiger partial charge in [-0.15, -0.1) is 0 Å². The lowest BCUT2D eigenvalue weighted by Gasteiger charge is -2.20. The smallest absolute Gasteiger partial charge is 0.251 e. The summed E-state index contributed by atoms with van der Waals surface area (Å²) in [6.45, 7) is 1.66. The highest BCUT2D eigenvalue weighted by Crippen LogP contribution is 2.29. The average Bonchev–Trinajstić information content (AvgIpc) is 3.30. The topological polar surface area (TPSA) is 81.9 Å². The van der Waals surface area contributed by atoms with Crippen LogP contribution in [0.2, 0.25) is 0 Å². The van der Waals surface area contributed by atoms with E-state index in [0.29, 0.717) is 11.1 Å². The quantitative estimate of drug-likeness (QED) is 0.927. The van der Waals surface area contributed by atoms with Crippen molar-refractivity contribution in [2.45, 2.75) is 31.7 Å². The van der Waals surface area contributed by atoms with Crippen molar-refractivity contribution in [3.05, 3.63) is 53.0 Å². The number of nitrogens with one attached hydrogen (secondary N) is 1. The summed E-state index contributed by atoms with van der Waals surface area (Å²) in [4.78, 5) is 23.5. The first kappa shape index (κ1) is 15.6. The number of aromatic nitrogens is 2. The first-order valence-corrected chi connectivity index (χ1v) is 8.63. The molecule has 1 amide bonds. The van der Waals surface area contributed by atoms with Crippen LogP contribution in [0.3, 0.4) is 0 Å². The zero-order valence-electron chi connectivity index (χ0n) is 13.9. The average molecular weight is 333 g/mol. The van der Waals surface area contributed by atoms with Crippen molar-refractivity contribution in [2.75, 3.05) is 18.0 Å². The van der Waals surface area contributed by atoms with Crippen LogP contribution in [0.5, 0.6) is 0 Å². The Labute approximate surface area is 146 Å². The Balaban J connectivity index is 1.42. The first-order chi connectivity index (χ1) is 12.2. The van der Waals surface area contributed by atoms with Gasteiger partial charge in [-0.25, -0.2) is 9.97 Å². The summed E-state index contributed by atoms with van der Waals surface area (Å²) in [6.07, 6.45) is 5.79. The number of benzene rings is 1. The van der Waals surface area contributed by atoms with Crippen LogP contribution >= 0.6 is 0 Å². The van der Waals surface area contributed by atoms with E-state index in [1.54, 1.807) is 30.6 Å². The van der Waals surface area contributed by atoms with E-state index in [0.717, 1.165) is 44.6 Å². The Morgan fingerprint density at radius 2 is 2.08 bits per heavy atom. The minimum absolute atomic E-state index is 0.0933. The van der Waals surface area contributed by atoms with Crippen LogP contribution in [0, 0.1) is 11.3 Å². The van der Waals surface area contributed by atoms with Crippen LogP contribution in [0.15, 0.2) is 30.6 Å². The van der Waals surface area contributed by atoms with Crippen molar-refractivity contribution in [1.29, 1.82) is 5.26 Å². The molecule has 6 nitrogen and oxygen atoms in total. The van der Waals surface area contributed by atoms with Gasteiger partial charge in [0.15, 0.2) is 0 Å². The van der Waals surface area contributed by atoms with Crippen LogP contribution in [0.1, 0.15) is 40.0 Å². The molecule has 0 saturated carbocycles. The van der Waals surface area contributed by atoms with Crippen molar-refractivity contribution < 1.29 is 4.79 Å². The molecule has 1 N–H and O–H groups in total. The van der Waals surface area contributed by atoms with Crippen molar-refractivity contribution in [2.24, 2.45) is 0 Å². The van der Waals surface area contributed by atoms with Crippen molar-refractivity contribution >= 4 is 11.7 Å². The second-order valence-corrected chi connectivity index (χ2v) is 6.57. The first-order valence-electron chi connectivity index (χ1n) is 8.63. The van der Waals surface area contributed by atoms with Gasteiger partial charge in [-0.3, -0.25) is 4.79 Å². The minimum Gasteiger partial charge on any atom is -0.354 e. The molecule has 2 aromatic rings. The number of carbonyl (C=O) groups is 1. The molecule has 1 aliphatic heterocycles. The molecule has 1 aromatic carbocycles. The fourth-order valence-corrected chi connectivity index (χ4v) is 3.65. The van der Waals surface area contributed by atoms with E-state index in [4.69, 9.17) is 5.26 Å². The molecule has 4 rings (SSSR count). The molecule has 2 heterocycles. The number of carbonyl (C=O) groups excluding carboxylic acids is 1. The lowest BCUT2D eigenvalue weighted by Crippen LogP contribution is -2.37. The third-order valence-electron chi connectivity index (χ3n) is 4.95. The normalized spacial score (nSPS) is 18.7. The lowest BCUT2D eigenvalue weighted by atomic mass is 10.1. The van der Waals surface area contributed by atoms with Crippen molar-refractivity contribution in [3.63, 3.8) is 0 Å². The predicted molar refractivity (Wildman–Crippen MR) is 93.3 cm³/mol. The van der Waals surface area contributed by atoms with Gasteiger partial charge in [-0.1, -0.05) is 0 Å². The van der Waals surface area contributed by atoms with Gasteiger partial charge in [0.1, 0.15) is 12.1 Å². The molecule has 1 aromatic heterocycles. The predicted octanol–water partition coefficient (Wildman–Crippen LogP) is 1.85. The molecule has 1 atom stereocenters. The van der Waals surface area contributed by atoms with Gasteiger partial charge in [0.05, 0.1) is 11.6 Å². The Kier molecular flexibility index (Phi) is 4.06. The molecular weight excluding hydrogens is 314 g/mol. The second-order valence-electron chi connectivity index (χ2n) is 6.57. The molecular formula is C19H19N5O. The summed E-state index contributed by atoms with van der Waals surface area (Å²) in [5.74, 6) is 0.946. The maximum Gasteiger partial charge on any atom is 0.251 e. The highest BCUT2D eigenvalue weighted by atomic mass is 16.1. The van der Waals surface area contributed by atoms with Gasteiger partial charge >= 0.3 is 0 Å². The Bertz CT molecular complexity index is 840. The van der Waals surface area contributed by atoms with Crippen LogP contribution in [-0.2, 0) is 12.8 Å². The highest BCUT2D eigenvalue weighted by molar-refractivity contribution is 5.94. The number of rotatable bonds is 3. The number of nitrogens with zero attached hydrogens (tertiary/aromatic N) is 4. The van der Waals surface area contributed by atoms with E-state index in [9.17, 15) is 4.79 Å². The maximum absolute atomic E-state index is 12.4. The zero-order chi connectivity index (χ0) is 17.2. The zero-order valence-corrected chi connectivity index (χ0v) is 13.9. The van der Waals surface area contributed by atoms with Gasteiger partial charge in [-0.05, 0) is 49.9 Å². The van der Waals surface area contributed by atoms with Crippen LogP contribution < -0.4 is 10.2 Å². The fourth-order valence-electron chi connectivity index (χ4n) is 3.65. The van der Waals surface area contributed by atoms with Gasteiger partial charge in [0, 0.05) is 36.0 Å². The third-order valence-corrected chi connectivity index (χ3v) is 4.95. The van der Waals surface area contributed by atoms with Gasteiger partial charge in [0.25, 0.3) is 5.91 Å². The summed E-state index contributed by atoms with van der Waals surface area (Å²) in [5.41, 5.74) is 3.60. The van der Waals surface area contributed by atoms with E-state index < -0.39 is 0 Å². The van der Waals surface area contributed by atoms with Gasteiger partial charge in [-0.2, -0.15) is 5.26 Å². The van der Waals surface area contributed by atoms with Crippen LogP contribution in [0.4, 0.5) is 5.82 Å². The molecule has 0 bridgehead atoms. The van der Waals surface area contributed by atoms with E-state index in [1.165, 1.54) is 11.3 Å². The number of hydrogen-bond acceptors (Lipinski definition) is 5. The summed E-state index contributed by atoms with van der Waals surface area (Å²) in [5, 5.41) is 11.9. The number of fused-ring (bicyclic) bond motifs is 1. The van der Waals surface area contributed by atoms with Gasteiger partial charge < -0.3 is 10.2 Å². The van der Waals surface area contributed by atoms with E-state index in [2.05, 4.69) is 26.3 Å². The van der Waals surface area contributed by atoms with E-state index in [-0.39, 0.29) is 11.9 Å². The highest BCUT2D eigenvalue weighted by Gasteiger charge is 2.28. The molecule has 1 aliphatic carbocycles. The number of hydrogen-bond donors (Lipinski definition) is 1. The SMILES string of the molecule is N#Cc1ccc(C(=O)NC2CCN(c3ncnc4c3CCC4)C2)cc1. The third kappa shape index (κ3) is 3.05. The lowest BCUT2D eigenvalue weighted by molar-refractivity contribution is 0.0940. The number of aryl methyl sites for hydroxylation is 1. The van der Waals surface area contributed by atoms with E-state index in [1.807, 2.05) is 0 Å². The van der Waals surface area contributed by atoms with Crippen LogP contribution in [0.25, 0.3) is 0 Å². The van der Waals surface area contributed by atoms with Crippen LogP contribution in [-0.4, -0.2) is 35.0 Å². The van der Waals surface area contributed by atoms with E-state index >= 15 is 0 Å². The molecule has 25 heavy (non-hydrogen) atoms. The maximum atomic E-state index is 12.4. The number of amides is 1. The molecule has 6 heteroatoms. The Hall–Kier alpha value is -2.94. The summed E-state index contributed by atoms with van der Waals surface area (Å²) < 4.78 is 0. The number of anilines is 1. The standard InChI is InChI=1S/C19H19N5O/c20-10-13-4-6-14(7-5-13)19(25)23-15-8-9-24(11-15)18-16-2-1-3-17(16)21-12-22-18/h4-7,12,15H,1-3,8-9,11H2,(H,23,25). The molecule has 126 valence electrons. The molecule has 1 unspecified atom stereocenters. The molecule has 0 spiro atoms. The van der Waals surface area contributed by atoms with Crippen molar-refractivity contribution in [3.8, 4) is 6.07 Å². The molecule has 1 saturated heterocycles. The van der Waals surface area contributed by atoms with Crippen molar-refractivity contribution in [1.82, 2.24) is 15.3 Å². The van der Waals surface area contributed by atoms with Gasteiger partial charge in [0.2, 0.25) is 0 Å². The largest absolute Gasteiger partial charge is 0.354 e. The fraction of sp³-hybridized carbons (Fsp3) is 0.368. The molecule has 1 fully saturated rings. The summed E-state index contributed by atoms with van der Waals surface area (Å²) >= 11 is 0. The molecule has 2 aliphatic rings. The Morgan fingerprint density at radius 3 is 2.88 bits per heavy atom. The summed E-state index contributed by atoms with van der Waals surface area (Å²) in [6, 6.07) is 8.88.